The first-order valence-corrected chi connectivity index (χ1v) is 6.44. The van der Waals surface area contributed by atoms with Crippen LogP contribution in [0, 0.1) is 5.92 Å². The highest BCUT2D eigenvalue weighted by Crippen LogP contribution is 2.22. The Kier molecular flexibility index (Phi) is 4.19. The molecule has 0 aliphatic carbocycles. The lowest BCUT2D eigenvalue weighted by Gasteiger charge is -2.43. The van der Waals surface area contributed by atoms with Gasteiger partial charge < -0.3 is 15.4 Å². The zero-order valence-corrected chi connectivity index (χ0v) is 10.6. The number of likely N-dealkylation sites (N-methyl/N-ethyl adjacent to an activating group) is 1. The summed E-state index contributed by atoms with van der Waals surface area (Å²) in [5.41, 5.74) is 5.95. The van der Waals surface area contributed by atoms with E-state index in [4.69, 9.17) is 10.5 Å². The lowest BCUT2D eigenvalue weighted by Crippen LogP contribution is -2.57. The van der Waals surface area contributed by atoms with Crippen LogP contribution in [0.3, 0.4) is 0 Å². The van der Waals surface area contributed by atoms with Gasteiger partial charge in [0.2, 0.25) is 0 Å². The molecular formula is C12H25N3O. The Bertz CT molecular complexity index is 218. The van der Waals surface area contributed by atoms with Crippen molar-refractivity contribution in [3.8, 4) is 0 Å². The molecule has 2 N–H and O–H groups in total. The molecule has 2 heterocycles. The fraction of sp³-hybridized carbons (Fsp3) is 1.00. The molecule has 0 aromatic rings. The molecule has 0 aromatic carbocycles. The smallest absolute Gasteiger partial charge is 0.0510 e. The quantitative estimate of drug-likeness (QED) is 0.736. The van der Waals surface area contributed by atoms with E-state index in [-0.39, 0.29) is 0 Å². The van der Waals surface area contributed by atoms with Crippen molar-refractivity contribution >= 4 is 0 Å². The lowest BCUT2D eigenvalue weighted by atomic mass is 9.96. The molecule has 0 spiro atoms. The molecule has 2 fully saturated rings. The van der Waals surface area contributed by atoms with Crippen LogP contribution >= 0.6 is 0 Å². The number of nitrogens with zero attached hydrogens (tertiary/aromatic N) is 2. The maximum Gasteiger partial charge on any atom is 0.0510 e. The van der Waals surface area contributed by atoms with Crippen LogP contribution in [0.1, 0.15) is 13.3 Å². The molecule has 0 saturated carbocycles. The van der Waals surface area contributed by atoms with E-state index in [9.17, 15) is 0 Å². The van der Waals surface area contributed by atoms with Gasteiger partial charge in [0.05, 0.1) is 6.61 Å². The Hall–Kier alpha value is -0.160. The Morgan fingerprint density at radius 2 is 2.25 bits per heavy atom. The SMILES string of the molecule is CC1CN(C(CN)C2CCOC2)CCN1C. The Morgan fingerprint density at radius 3 is 2.81 bits per heavy atom. The number of hydrogen-bond acceptors (Lipinski definition) is 4. The molecule has 4 nitrogen and oxygen atoms in total. The van der Waals surface area contributed by atoms with Gasteiger partial charge in [-0.05, 0) is 20.4 Å². The highest BCUT2D eigenvalue weighted by atomic mass is 16.5. The van der Waals surface area contributed by atoms with Crippen LogP contribution in [0.2, 0.25) is 0 Å². The summed E-state index contributed by atoms with van der Waals surface area (Å²) in [5.74, 6) is 0.653. The molecule has 2 aliphatic heterocycles. The minimum atomic E-state index is 0.527. The summed E-state index contributed by atoms with van der Waals surface area (Å²) in [5, 5.41) is 0. The van der Waals surface area contributed by atoms with Gasteiger partial charge in [-0.2, -0.15) is 0 Å². The molecule has 0 amide bonds. The molecular weight excluding hydrogens is 202 g/mol. The summed E-state index contributed by atoms with van der Waals surface area (Å²) in [6, 6.07) is 1.17. The second-order valence-corrected chi connectivity index (χ2v) is 5.25. The molecule has 0 aromatic heterocycles. The van der Waals surface area contributed by atoms with Crippen molar-refractivity contribution in [2.24, 2.45) is 11.7 Å². The molecule has 2 saturated heterocycles. The lowest BCUT2D eigenvalue weighted by molar-refractivity contribution is 0.0481. The second kappa shape index (κ2) is 5.45. The third-order valence-corrected chi connectivity index (χ3v) is 4.21. The summed E-state index contributed by atoms with van der Waals surface area (Å²) in [6.45, 7) is 8.35. The van der Waals surface area contributed by atoms with Gasteiger partial charge in [0.1, 0.15) is 0 Å². The summed E-state index contributed by atoms with van der Waals surface area (Å²) in [4.78, 5) is 5.00. The molecule has 0 bridgehead atoms. The monoisotopic (exact) mass is 227 g/mol. The van der Waals surface area contributed by atoms with Gasteiger partial charge in [-0.25, -0.2) is 0 Å². The van der Waals surface area contributed by atoms with Gasteiger partial charge in [-0.1, -0.05) is 0 Å². The van der Waals surface area contributed by atoms with Crippen LogP contribution in [-0.2, 0) is 4.74 Å². The molecule has 0 radical (unpaired) electrons. The van der Waals surface area contributed by atoms with E-state index in [0.29, 0.717) is 18.0 Å². The van der Waals surface area contributed by atoms with Gasteiger partial charge in [-0.3, -0.25) is 4.90 Å². The summed E-state index contributed by atoms with van der Waals surface area (Å²) >= 11 is 0. The van der Waals surface area contributed by atoms with E-state index in [1.807, 2.05) is 0 Å². The number of ether oxygens (including phenoxy) is 1. The molecule has 94 valence electrons. The maximum absolute atomic E-state index is 5.95. The number of nitrogens with two attached hydrogens (primary N) is 1. The molecule has 3 atom stereocenters. The highest BCUT2D eigenvalue weighted by Gasteiger charge is 2.32. The van der Waals surface area contributed by atoms with Crippen molar-refractivity contribution in [2.75, 3.05) is 46.4 Å². The summed E-state index contributed by atoms with van der Waals surface area (Å²) < 4.78 is 5.49. The third-order valence-electron chi connectivity index (χ3n) is 4.21. The normalized spacial score (nSPS) is 35.4. The van der Waals surface area contributed by atoms with Crippen LogP contribution in [0.4, 0.5) is 0 Å². The van der Waals surface area contributed by atoms with Crippen LogP contribution < -0.4 is 5.73 Å². The Balaban J connectivity index is 1.93. The standard InChI is InChI=1S/C12H25N3O/c1-10-8-15(5-4-14(10)2)12(7-13)11-3-6-16-9-11/h10-12H,3-9,13H2,1-2H3. The second-order valence-electron chi connectivity index (χ2n) is 5.25. The van der Waals surface area contributed by atoms with E-state index >= 15 is 0 Å². The molecule has 2 aliphatic rings. The predicted octanol–water partition coefficient (Wildman–Crippen LogP) is -0.0139. The van der Waals surface area contributed by atoms with E-state index < -0.39 is 0 Å². The number of rotatable bonds is 3. The van der Waals surface area contributed by atoms with Crippen molar-refractivity contribution in [3.05, 3.63) is 0 Å². The van der Waals surface area contributed by atoms with Crippen LogP contribution in [0.25, 0.3) is 0 Å². The minimum absolute atomic E-state index is 0.527. The topological polar surface area (TPSA) is 41.7 Å². The van der Waals surface area contributed by atoms with Crippen molar-refractivity contribution < 1.29 is 4.74 Å². The van der Waals surface area contributed by atoms with Gasteiger partial charge in [-0.15, -0.1) is 0 Å². The Morgan fingerprint density at radius 1 is 1.44 bits per heavy atom. The first-order valence-electron chi connectivity index (χ1n) is 6.44. The van der Waals surface area contributed by atoms with E-state index in [0.717, 1.165) is 39.4 Å². The van der Waals surface area contributed by atoms with Crippen molar-refractivity contribution in [3.63, 3.8) is 0 Å². The summed E-state index contributed by atoms with van der Waals surface area (Å²) in [7, 11) is 2.21. The first kappa shape index (κ1) is 12.3. The van der Waals surface area contributed by atoms with Gasteiger partial charge in [0.15, 0.2) is 0 Å². The van der Waals surface area contributed by atoms with Gasteiger partial charge in [0, 0.05) is 50.8 Å². The average molecular weight is 227 g/mol. The van der Waals surface area contributed by atoms with Crippen LogP contribution in [-0.4, -0.2) is 68.3 Å². The van der Waals surface area contributed by atoms with Crippen molar-refractivity contribution in [1.29, 1.82) is 0 Å². The third kappa shape index (κ3) is 2.56. The zero-order chi connectivity index (χ0) is 11.5. The minimum Gasteiger partial charge on any atom is -0.381 e. The molecule has 2 rings (SSSR count). The van der Waals surface area contributed by atoms with Crippen LogP contribution in [0.5, 0.6) is 0 Å². The van der Waals surface area contributed by atoms with E-state index in [1.165, 1.54) is 6.42 Å². The number of piperazine rings is 1. The maximum atomic E-state index is 5.95. The molecule has 16 heavy (non-hydrogen) atoms. The largest absolute Gasteiger partial charge is 0.381 e. The highest BCUT2D eigenvalue weighted by molar-refractivity contribution is 4.87. The van der Waals surface area contributed by atoms with E-state index in [1.54, 1.807) is 0 Å². The van der Waals surface area contributed by atoms with Crippen molar-refractivity contribution in [1.82, 2.24) is 9.80 Å². The van der Waals surface area contributed by atoms with Gasteiger partial charge in [0.25, 0.3) is 0 Å². The first-order chi connectivity index (χ1) is 7.72. The van der Waals surface area contributed by atoms with E-state index in [2.05, 4.69) is 23.8 Å². The fourth-order valence-corrected chi connectivity index (χ4v) is 2.87. The summed E-state index contributed by atoms with van der Waals surface area (Å²) in [6.07, 6.45) is 1.18. The zero-order valence-electron chi connectivity index (χ0n) is 10.6. The fourth-order valence-electron chi connectivity index (χ4n) is 2.87. The molecule has 3 unspecified atom stereocenters. The average Bonchev–Trinajstić information content (AvgIpc) is 2.78. The molecule has 4 heteroatoms. The van der Waals surface area contributed by atoms with Crippen LogP contribution in [0.15, 0.2) is 0 Å². The van der Waals surface area contributed by atoms with Gasteiger partial charge >= 0.3 is 0 Å². The van der Waals surface area contributed by atoms with Crippen molar-refractivity contribution in [2.45, 2.75) is 25.4 Å². The predicted molar refractivity (Wildman–Crippen MR) is 65.4 cm³/mol. The number of hydrogen-bond donors (Lipinski definition) is 1. The Labute approximate surface area is 98.7 Å².